The molecule has 0 saturated carbocycles. The summed E-state index contributed by atoms with van der Waals surface area (Å²) in [6.45, 7) is 10.3. The summed E-state index contributed by atoms with van der Waals surface area (Å²) in [5.74, 6) is 0. The second-order valence-corrected chi connectivity index (χ2v) is 8.50. The van der Waals surface area contributed by atoms with Crippen molar-refractivity contribution < 1.29 is 0 Å². The first kappa shape index (κ1) is 19.2. The Labute approximate surface area is 175 Å². The Bertz CT molecular complexity index is 1170. The monoisotopic (exact) mass is 410 g/mol. The number of hydrogen-bond donors (Lipinski definition) is 0. The molecule has 0 bridgehead atoms. The van der Waals surface area contributed by atoms with Crippen molar-refractivity contribution in [2.45, 2.75) is 52.9 Å². The number of para-hydroxylation sites is 4. The van der Waals surface area contributed by atoms with Crippen LogP contribution in [0.3, 0.4) is 0 Å². The van der Waals surface area contributed by atoms with Gasteiger partial charge in [-0.3, -0.25) is 0 Å². The van der Waals surface area contributed by atoms with E-state index in [0.29, 0.717) is 12.1 Å². The van der Waals surface area contributed by atoms with Crippen molar-refractivity contribution in [2.24, 2.45) is 0 Å². The Morgan fingerprint density at radius 2 is 0.929 bits per heavy atom. The summed E-state index contributed by atoms with van der Waals surface area (Å²) in [7, 11) is 0. The van der Waals surface area contributed by atoms with Crippen molar-refractivity contribution in [1.82, 2.24) is 18.3 Å². The molecule has 0 N–H and O–H groups in total. The number of aromatic nitrogens is 4. The zero-order chi connectivity index (χ0) is 20.0. The van der Waals surface area contributed by atoms with Crippen LogP contribution in [0.1, 0.15) is 39.8 Å². The van der Waals surface area contributed by atoms with Gasteiger partial charge in [-0.2, -0.15) is 0 Å². The molecule has 0 saturated heterocycles. The van der Waals surface area contributed by atoms with E-state index in [1.807, 2.05) is 0 Å². The average Bonchev–Trinajstić information content (AvgIpc) is 3.10. The normalized spacial score (nSPS) is 12.1. The van der Waals surface area contributed by atoms with Gasteiger partial charge in [0, 0.05) is 25.2 Å². The lowest BCUT2D eigenvalue weighted by Crippen LogP contribution is -2.10. The highest BCUT2D eigenvalue weighted by molar-refractivity contribution is 7.71. The molecule has 4 nitrogen and oxygen atoms in total. The molecule has 0 radical (unpaired) electrons. The van der Waals surface area contributed by atoms with Gasteiger partial charge >= 0.3 is 0 Å². The predicted octanol–water partition coefficient (Wildman–Crippen LogP) is 6.52. The third-order valence-corrected chi connectivity index (χ3v) is 6.15. The van der Waals surface area contributed by atoms with Gasteiger partial charge in [0.2, 0.25) is 0 Å². The molecule has 4 rings (SSSR count). The van der Waals surface area contributed by atoms with Gasteiger partial charge < -0.3 is 18.3 Å². The highest BCUT2D eigenvalue weighted by Gasteiger charge is 2.15. The van der Waals surface area contributed by atoms with Crippen LogP contribution < -0.4 is 0 Å². The number of fused-ring (bicyclic) bond motifs is 2. The van der Waals surface area contributed by atoms with Gasteiger partial charge in [-0.25, -0.2) is 0 Å². The second kappa shape index (κ2) is 7.33. The first-order valence-electron chi connectivity index (χ1n) is 9.81. The zero-order valence-corrected chi connectivity index (χ0v) is 18.4. The van der Waals surface area contributed by atoms with Crippen LogP contribution in [-0.2, 0) is 13.1 Å². The van der Waals surface area contributed by atoms with E-state index in [1.165, 1.54) is 22.1 Å². The third-order valence-electron chi connectivity index (χ3n) is 5.32. The summed E-state index contributed by atoms with van der Waals surface area (Å²) in [5, 5.41) is 0. The summed E-state index contributed by atoms with van der Waals surface area (Å²) in [5.41, 5.74) is 4.74. The molecule has 0 unspecified atom stereocenters. The summed E-state index contributed by atoms with van der Waals surface area (Å²) in [6, 6.07) is 17.6. The van der Waals surface area contributed by atoms with E-state index in [9.17, 15) is 0 Å². The molecule has 0 aliphatic carbocycles. The molecule has 0 atom stereocenters. The largest absolute Gasteiger partial charge is 0.315 e. The number of rotatable bonds is 5. The predicted molar refractivity (Wildman–Crippen MR) is 122 cm³/mol. The summed E-state index contributed by atoms with van der Waals surface area (Å²) in [6.07, 6.45) is 0. The first-order valence-corrected chi connectivity index (χ1v) is 10.6. The molecule has 0 spiro atoms. The van der Waals surface area contributed by atoms with Crippen molar-refractivity contribution in [1.29, 1.82) is 0 Å². The second-order valence-electron chi connectivity index (χ2n) is 7.77. The summed E-state index contributed by atoms with van der Waals surface area (Å²) < 4.78 is 10.7. The Hall–Kier alpha value is -2.18. The van der Waals surface area contributed by atoms with E-state index in [1.54, 1.807) is 0 Å². The SMILES string of the molecule is CC(C)n1c(=S)n(CCn2c(=S)n(C(C)C)c3ccccc32)c2ccccc21. The maximum absolute atomic E-state index is 5.85. The van der Waals surface area contributed by atoms with Crippen LogP contribution in [0.25, 0.3) is 22.1 Å². The van der Waals surface area contributed by atoms with Gasteiger partial charge in [-0.1, -0.05) is 24.3 Å². The van der Waals surface area contributed by atoms with E-state index in [2.05, 4.69) is 94.5 Å². The first-order chi connectivity index (χ1) is 13.4. The Morgan fingerprint density at radius 3 is 1.25 bits per heavy atom. The van der Waals surface area contributed by atoms with Crippen LogP contribution in [-0.4, -0.2) is 18.3 Å². The van der Waals surface area contributed by atoms with E-state index >= 15 is 0 Å². The quantitative estimate of drug-likeness (QED) is 0.349. The van der Waals surface area contributed by atoms with Crippen LogP contribution in [0, 0.1) is 9.54 Å². The van der Waals surface area contributed by atoms with Crippen LogP contribution >= 0.6 is 24.4 Å². The standard InChI is InChI=1S/C22H26N4S2/c1-15(2)25-19-11-7-5-9-17(19)23(21(25)27)13-14-24-18-10-6-8-12-20(18)26(16(3)4)22(24)28/h5-12,15-16H,13-14H2,1-4H3. The van der Waals surface area contributed by atoms with Gasteiger partial charge in [0.25, 0.3) is 0 Å². The van der Waals surface area contributed by atoms with Gasteiger partial charge in [0.1, 0.15) is 0 Å². The summed E-state index contributed by atoms with van der Waals surface area (Å²) in [4.78, 5) is 0. The topological polar surface area (TPSA) is 19.7 Å². The van der Waals surface area contributed by atoms with Crippen molar-refractivity contribution in [3.05, 3.63) is 58.1 Å². The molecular weight excluding hydrogens is 384 g/mol. The van der Waals surface area contributed by atoms with Crippen LogP contribution in [0.2, 0.25) is 0 Å². The van der Waals surface area contributed by atoms with Gasteiger partial charge in [-0.15, -0.1) is 0 Å². The maximum Gasteiger partial charge on any atom is 0.181 e. The Morgan fingerprint density at radius 1 is 0.607 bits per heavy atom. The lowest BCUT2D eigenvalue weighted by atomic mass is 10.3. The fourth-order valence-electron chi connectivity index (χ4n) is 4.09. The Kier molecular flexibility index (Phi) is 5.02. The molecular formula is C22H26N4S2. The molecule has 6 heteroatoms. The molecule has 0 amide bonds. The van der Waals surface area contributed by atoms with Crippen LogP contribution in [0.5, 0.6) is 0 Å². The van der Waals surface area contributed by atoms with E-state index < -0.39 is 0 Å². The molecule has 2 aromatic carbocycles. The molecule has 4 aromatic rings. The highest BCUT2D eigenvalue weighted by atomic mass is 32.1. The van der Waals surface area contributed by atoms with Crippen LogP contribution in [0.15, 0.2) is 48.5 Å². The summed E-state index contributed by atoms with van der Waals surface area (Å²) >= 11 is 11.7. The third kappa shape index (κ3) is 2.95. The van der Waals surface area contributed by atoms with E-state index in [-0.39, 0.29) is 0 Å². The van der Waals surface area contributed by atoms with Gasteiger partial charge in [-0.05, 0) is 76.4 Å². The minimum Gasteiger partial charge on any atom is -0.315 e. The van der Waals surface area contributed by atoms with Crippen molar-refractivity contribution >= 4 is 46.5 Å². The van der Waals surface area contributed by atoms with Crippen molar-refractivity contribution in [2.75, 3.05) is 0 Å². The fourth-order valence-corrected chi connectivity index (χ4v) is 5.09. The molecule has 0 aliphatic heterocycles. The lowest BCUT2D eigenvalue weighted by Gasteiger charge is -2.10. The average molecular weight is 411 g/mol. The lowest BCUT2D eigenvalue weighted by molar-refractivity contribution is 0.534. The number of imidazole rings is 2. The molecule has 28 heavy (non-hydrogen) atoms. The fraction of sp³-hybridized carbons (Fsp3) is 0.364. The van der Waals surface area contributed by atoms with Crippen LogP contribution in [0.4, 0.5) is 0 Å². The highest BCUT2D eigenvalue weighted by Crippen LogP contribution is 2.24. The smallest absolute Gasteiger partial charge is 0.181 e. The van der Waals surface area contributed by atoms with Gasteiger partial charge in [0.05, 0.1) is 22.1 Å². The molecule has 0 aliphatic rings. The maximum atomic E-state index is 5.85. The molecule has 146 valence electrons. The number of aryl methyl sites for hydroxylation is 2. The van der Waals surface area contributed by atoms with E-state index in [4.69, 9.17) is 24.4 Å². The Balaban J connectivity index is 1.82. The molecule has 2 aromatic heterocycles. The van der Waals surface area contributed by atoms with Crippen molar-refractivity contribution in [3.8, 4) is 0 Å². The minimum absolute atomic E-state index is 0.323. The number of hydrogen-bond acceptors (Lipinski definition) is 2. The number of nitrogens with zero attached hydrogens (tertiary/aromatic N) is 4. The van der Waals surface area contributed by atoms with E-state index in [0.717, 1.165) is 22.6 Å². The molecule has 2 heterocycles. The molecule has 0 fully saturated rings. The number of benzene rings is 2. The minimum atomic E-state index is 0.323. The van der Waals surface area contributed by atoms with Crippen molar-refractivity contribution in [3.63, 3.8) is 0 Å². The van der Waals surface area contributed by atoms with Gasteiger partial charge in [0.15, 0.2) is 9.54 Å². The zero-order valence-electron chi connectivity index (χ0n) is 16.8.